The van der Waals surface area contributed by atoms with Gasteiger partial charge in [0.1, 0.15) is 12.1 Å². The number of methoxy groups -OCH3 is 1. The number of carbonyl (C=O) groups excluding carboxylic acids is 1. The second kappa shape index (κ2) is 14.3. The molecule has 0 aliphatic rings. The lowest BCUT2D eigenvalue weighted by Gasteiger charge is -2.22. The molecule has 4 rings (SSSR count). The molecule has 2 heterocycles. The highest BCUT2D eigenvalue weighted by atomic mass is 19.4. The fourth-order valence-corrected chi connectivity index (χ4v) is 4.51. The number of alkyl halides is 3. The molecule has 0 saturated heterocycles. The van der Waals surface area contributed by atoms with Crippen molar-refractivity contribution in [1.29, 1.82) is 0 Å². The zero-order chi connectivity index (χ0) is 31.9. The third kappa shape index (κ3) is 8.08. The van der Waals surface area contributed by atoms with E-state index in [0.717, 1.165) is 10.7 Å². The smallest absolute Gasteiger partial charge is 0.390 e. The second-order valence-corrected chi connectivity index (χ2v) is 9.66. The molecule has 44 heavy (non-hydrogen) atoms. The first-order valence-electron chi connectivity index (χ1n) is 13.4. The standard InChI is InChI=1S/C28H30F5N7O4/c1-43-22-12-19-21(13-23(22)44-11-3-7-39(9-10-41)8-6-28(31,32)33)35-16-36-27(19)38-17-14-37-40(15-17)25(26(34)42)18-4-2-5-20(29)24(18)30/h2,4-5,12-16,25,41H,3,6-11H2,1H3,(H2,34,42)(H,35,36,38). The Morgan fingerprint density at radius 1 is 1.16 bits per heavy atom. The first-order chi connectivity index (χ1) is 21.0. The number of nitrogens with zero attached hydrogens (tertiary/aromatic N) is 5. The molecular formula is C28H30F5N7O4. The second-order valence-electron chi connectivity index (χ2n) is 9.66. The summed E-state index contributed by atoms with van der Waals surface area (Å²) < 4.78 is 78.4. The van der Waals surface area contributed by atoms with Gasteiger partial charge in [-0.25, -0.2) is 18.7 Å². The Kier molecular flexibility index (Phi) is 10.5. The third-order valence-electron chi connectivity index (χ3n) is 6.60. The predicted octanol–water partition coefficient (Wildman–Crippen LogP) is 3.95. The van der Waals surface area contributed by atoms with Crippen molar-refractivity contribution in [1.82, 2.24) is 24.6 Å². The lowest BCUT2D eigenvalue weighted by Crippen LogP contribution is -2.32. The summed E-state index contributed by atoms with van der Waals surface area (Å²) in [4.78, 5) is 22.2. The maximum atomic E-state index is 14.4. The monoisotopic (exact) mass is 623 g/mol. The first kappa shape index (κ1) is 32.3. The number of aromatic nitrogens is 4. The molecule has 1 amide bonds. The van der Waals surface area contributed by atoms with Crippen LogP contribution in [0.15, 0.2) is 49.1 Å². The molecule has 236 valence electrons. The highest BCUT2D eigenvalue weighted by Crippen LogP contribution is 2.35. The molecule has 1 unspecified atom stereocenters. The topological polar surface area (TPSA) is 141 Å². The van der Waals surface area contributed by atoms with Gasteiger partial charge in [-0.1, -0.05) is 12.1 Å². The van der Waals surface area contributed by atoms with Gasteiger partial charge in [-0.15, -0.1) is 0 Å². The van der Waals surface area contributed by atoms with Crippen LogP contribution in [-0.2, 0) is 4.79 Å². The van der Waals surface area contributed by atoms with Crippen LogP contribution in [0.5, 0.6) is 11.5 Å². The quantitative estimate of drug-likeness (QED) is 0.133. The van der Waals surface area contributed by atoms with Gasteiger partial charge in [0.25, 0.3) is 0 Å². The van der Waals surface area contributed by atoms with Gasteiger partial charge < -0.3 is 30.5 Å². The molecule has 16 heteroatoms. The molecule has 0 bridgehead atoms. The zero-order valence-electron chi connectivity index (χ0n) is 23.5. The fraction of sp³-hybridized carbons (Fsp3) is 0.357. The van der Waals surface area contributed by atoms with E-state index in [1.807, 2.05) is 0 Å². The minimum absolute atomic E-state index is 0.117. The molecule has 0 aliphatic heterocycles. The highest BCUT2D eigenvalue weighted by molar-refractivity contribution is 5.93. The van der Waals surface area contributed by atoms with Gasteiger partial charge in [-0.3, -0.25) is 9.48 Å². The Balaban J connectivity index is 1.48. The van der Waals surface area contributed by atoms with Gasteiger partial charge >= 0.3 is 6.18 Å². The van der Waals surface area contributed by atoms with Crippen LogP contribution in [0.4, 0.5) is 33.5 Å². The lowest BCUT2D eigenvalue weighted by atomic mass is 10.1. The number of halogens is 5. The number of hydrogen-bond acceptors (Lipinski definition) is 9. The number of anilines is 2. The van der Waals surface area contributed by atoms with E-state index in [4.69, 9.17) is 20.3 Å². The van der Waals surface area contributed by atoms with E-state index >= 15 is 0 Å². The summed E-state index contributed by atoms with van der Waals surface area (Å²) in [5.74, 6) is -2.27. The summed E-state index contributed by atoms with van der Waals surface area (Å²) in [6.07, 6.45) is -0.826. The normalized spacial score (nSPS) is 12.5. The molecule has 0 saturated carbocycles. The number of carbonyl (C=O) groups is 1. The van der Waals surface area contributed by atoms with Crippen molar-refractivity contribution in [3.8, 4) is 11.5 Å². The van der Waals surface area contributed by atoms with E-state index in [-0.39, 0.29) is 31.9 Å². The number of nitrogens with one attached hydrogen (secondary N) is 1. The average Bonchev–Trinajstić information content (AvgIpc) is 3.43. The average molecular weight is 624 g/mol. The van der Waals surface area contributed by atoms with Crippen LogP contribution >= 0.6 is 0 Å². The Labute approximate surface area is 248 Å². The number of primary amides is 1. The number of ether oxygens (including phenoxy) is 2. The van der Waals surface area contributed by atoms with Crippen LogP contribution in [0.2, 0.25) is 0 Å². The first-order valence-corrected chi connectivity index (χ1v) is 13.4. The lowest BCUT2D eigenvalue weighted by molar-refractivity contribution is -0.138. The largest absolute Gasteiger partial charge is 0.493 e. The van der Waals surface area contributed by atoms with Gasteiger partial charge in [0, 0.05) is 42.8 Å². The molecule has 2 aromatic heterocycles. The van der Waals surface area contributed by atoms with Crippen LogP contribution in [0, 0.1) is 11.6 Å². The van der Waals surface area contributed by atoms with Crippen LogP contribution in [0.1, 0.15) is 24.4 Å². The Bertz CT molecular complexity index is 1580. The van der Waals surface area contributed by atoms with E-state index in [1.54, 1.807) is 12.1 Å². The SMILES string of the molecule is COc1cc2c(Nc3cnn(C(C(N)=O)c4cccc(F)c4F)c3)ncnc2cc1OCCCN(CCO)CCC(F)(F)F. The predicted molar refractivity (Wildman–Crippen MR) is 150 cm³/mol. The van der Waals surface area contributed by atoms with Crippen LogP contribution in [-0.4, -0.2) is 81.8 Å². The summed E-state index contributed by atoms with van der Waals surface area (Å²) in [7, 11) is 1.44. The Morgan fingerprint density at radius 3 is 2.66 bits per heavy atom. The maximum Gasteiger partial charge on any atom is 0.390 e. The maximum absolute atomic E-state index is 14.4. The van der Waals surface area contributed by atoms with Crippen molar-refractivity contribution < 1.29 is 41.3 Å². The summed E-state index contributed by atoms with van der Waals surface area (Å²) in [5.41, 5.74) is 6.03. The van der Waals surface area contributed by atoms with Crippen molar-refractivity contribution in [2.75, 3.05) is 45.3 Å². The summed E-state index contributed by atoms with van der Waals surface area (Å²) in [6.45, 7) is 0.0914. The Morgan fingerprint density at radius 2 is 1.95 bits per heavy atom. The van der Waals surface area contributed by atoms with Crippen LogP contribution in [0.25, 0.3) is 10.9 Å². The number of nitrogens with two attached hydrogens (primary N) is 1. The van der Waals surface area contributed by atoms with E-state index in [2.05, 4.69) is 20.4 Å². The molecular weight excluding hydrogens is 593 g/mol. The third-order valence-corrected chi connectivity index (χ3v) is 6.60. The van der Waals surface area contributed by atoms with Crippen molar-refractivity contribution in [2.45, 2.75) is 25.1 Å². The molecule has 0 fully saturated rings. The van der Waals surface area contributed by atoms with Gasteiger partial charge in [-0.2, -0.15) is 18.3 Å². The van der Waals surface area contributed by atoms with E-state index < -0.39 is 36.2 Å². The highest BCUT2D eigenvalue weighted by Gasteiger charge is 2.28. The molecule has 11 nitrogen and oxygen atoms in total. The van der Waals surface area contributed by atoms with Crippen LogP contribution < -0.4 is 20.5 Å². The summed E-state index contributed by atoms with van der Waals surface area (Å²) >= 11 is 0. The number of aliphatic hydroxyl groups is 1. The number of benzene rings is 2. The van der Waals surface area contributed by atoms with Gasteiger partial charge in [0.15, 0.2) is 29.2 Å². The van der Waals surface area contributed by atoms with Crippen molar-refractivity contribution in [3.63, 3.8) is 0 Å². The number of rotatable bonds is 15. The number of hydrogen-bond donors (Lipinski definition) is 3. The molecule has 0 radical (unpaired) electrons. The zero-order valence-corrected chi connectivity index (χ0v) is 23.5. The molecule has 2 aromatic carbocycles. The van der Waals surface area contributed by atoms with E-state index in [0.29, 0.717) is 46.9 Å². The molecule has 4 aromatic rings. The van der Waals surface area contributed by atoms with Gasteiger partial charge in [0.2, 0.25) is 5.91 Å². The number of amides is 1. The molecule has 1 atom stereocenters. The van der Waals surface area contributed by atoms with Crippen LogP contribution in [0.3, 0.4) is 0 Å². The minimum atomic E-state index is -4.28. The fourth-order valence-electron chi connectivity index (χ4n) is 4.51. The van der Waals surface area contributed by atoms with Crippen molar-refractivity contribution >= 4 is 28.3 Å². The summed E-state index contributed by atoms with van der Waals surface area (Å²) in [5, 5.41) is 16.8. The Hall–Kier alpha value is -4.57. The van der Waals surface area contributed by atoms with E-state index in [9.17, 15) is 26.7 Å². The molecule has 4 N–H and O–H groups in total. The number of fused-ring (bicyclic) bond motifs is 1. The van der Waals surface area contributed by atoms with Crippen molar-refractivity contribution in [3.05, 3.63) is 66.3 Å². The number of aliphatic hydroxyl groups excluding tert-OH is 1. The molecule has 0 aliphatic carbocycles. The van der Waals surface area contributed by atoms with Crippen molar-refractivity contribution in [2.24, 2.45) is 5.73 Å². The molecule has 0 spiro atoms. The summed E-state index contributed by atoms with van der Waals surface area (Å²) in [6, 6.07) is 5.26. The van der Waals surface area contributed by atoms with E-state index in [1.165, 1.54) is 42.9 Å². The minimum Gasteiger partial charge on any atom is -0.493 e. The van der Waals surface area contributed by atoms with Gasteiger partial charge in [-0.05, 0) is 18.6 Å². The van der Waals surface area contributed by atoms with Gasteiger partial charge in [0.05, 0.1) is 44.1 Å².